The van der Waals surface area contributed by atoms with E-state index in [1.165, 1.54) is 18.0 Å². The highest BCUT2D eigenvalue weighted by Crippen LogP contribution is 2.32. The van der Waals surface area contributed by atoms with Crippen LogP contribution < -0.4 is 0 Å². The molecule has 0 amide bonds. The van der Waals surface area contributed by atoms with Crippen LogP contribution in [0.25, 0.3) is 0 Å². The minimum atomic E-state index is 1.03. The summed E-state index contributed by atoms with van der Waals surface area (Å²) >= 11 is 10.7. The second-order valence-corrected chi connectivity index (χ2v) is 7.34. The Balaban J connectivity index is 2.02. The predicted octanol–water partition coefficient (Wildman–Crippen LogP) is 5.57. The van der Waals surface area contributed by atoms with Crippen molar-refractivity contribution in [3.8, 4) is 0 Å². The van der Waals surface area contributed by atoms with Crippen molar-refractivity contribution < 1.29 is 0 Å². The largest absolute Gasteiger partial charge is 0.132 e. The van der Waals surface area contributed by atoms with Gasteiger partial charge in [0.1, 0.15) is 0 Å². The Labute approximate surface area is 114 Å². The van der Waals surface area contributed by atoms with Crippen molar-refractivity contribution in [2.24, 2.45) is 0 Å². The molecule has 1 aromatic carbocycles. The summed E-state index contributed by atoms with van der Waals surface area (Å²) in [6.45, 7) is 0. The van der Waals surface area contributed by atoms with Gasteiger partial charge in [0.15, 0.2) is 0 Å². The van der Waals surface area contributed by atoms with E-state index < -0.39 is 0 Å². The van der Waals surface area contributed by atoms with Crippen LogP contribution in [0.15, 0.2) is 49.6 Å². The number of rotatable bonds is 3. The van der Waals surface area contributed by atoms with Gasteiger partial charge < -0.3 is 0 Å². The molecule has 0 aliphatic heterocycles. The molecule has 0 saturated heterocycles. The molecule has 0 fully saturated rings. The van der Waals surface area contributed by atoms with Gasteiger partial charge in [0.25, 0.3) is 0 Å². The molecule has 0 nitrogen and oxygen atoms in total. The standard InChI is InChI=1S/C11H8Br2S2/c12-9-3-1-2-4-10(9)14-7-8-5-6-11(13)15-8/h1-6H,7H2. The highest BCUT2D eigenvalue weighted by Gasteiger charge is 2.02. The number of halogens is 2. The van der Waals surface area contributed by atoms with E-state index in [1.54, 1.807) is 11.3 Å². The van der Waals surface area contributed by atoms with E-state index in [9.17, 15) is 0 Å². The molecular formula is C11H8Br2S2. The molecule has 0 saturated carbocycles. The van der Waals surface area contributed by atoms with Crippen LogP contribution in [0.3, 0.4) is 0 Å². The third-order valence-corrected chi connectivity index (χ3v) is 5.72. The molecule has 0 aliphatic carbocycles. The van der Waals surface area contributed by atoms with Crippen molar-refractivity contribution in [3.05, 3.63) is 49.5 Å². The lowest BCUT2D eigenvalue weighted by molar-refractivity contribution is 1.39. The fourth-order valence-corrected chi connectivity index (χ4v) is 4.23. The molecule has 1 aromatic heterocycles. The molecule has 0 bridgehead atoms. The molecule has 0 N–H and O–H groups in total. The van der Waals surface area contributed by atoms with Crippen molar-refractivity contribution in [2.45, 2.75) is 10.6 Å². The molecule has 0 radical (unpaired) electrons. The monoisotopic (exact) mass is 362 g/mol. The van der Waals surface area contributed by atoms with Gasteiger partial charge in [0.05, 0.1) is 3.79 Å². The molecular weight excluding hydrogens is 356 g/mol. The molecule has 4 heteroatoms. The predicted molar refractivity (Wildman–Crippen MR) is 75.7 cm³/mol. The van der Waals surface area contributed by atoms with E-state index in [1.807, 2.05) is 17.8 Å². The van der Waals surface area contributed by atoms with Gasteiger partial charge in [-0.15, -0.1) is 23.1 Å². The second kappa shape index (κ2) is 5.53. The van der Waals surface area contributed by atoms with Crippen molar-refractivity contribution >= 4 is 55.0 Å². The summed E-state index contributed by atoms with van der Waals surface area (Å²) < 4.78 is 2.37. The summed E-state index contributed by atoms with van der Waals surface area (Å²) in [7, 11) is 0. The van der Waals surface area contributed by atoms with E-state index in [-0.39, 0.29) is 0 Å². The van der Waals surface area contributed by atoms with Crippen LogP contribution >= 0.6 is 55.0 Å². The Kier molecular flexibility index (Phi) is 4.31. The summed E-state index contributed by atoms with van der Waals surface area (Å²) in [6.07, 6.45) is 0. The Hall–Kier alpha value is 0.230. The second-order valence-electron chi connectivity index (χ2n) is 2.92. The van der Waals surface area contributed by atoms with Crippen molar-refractivity contribution in [3.63, 3.8) is 0 Å². The van der Waals surface area contributed by atoms with E-state index >= 15 is 0 Å². The van der Waals surface area contributed by atoms with Crippen LogP contribution in [-0.4, -0.2) is 0 Å². The molecule has 0 atom stereocenters. The third-order valence-electron chi connectivity index (χ3n) is 1.84. The van der Waals surface area contributed by atoms with Crippen LogP contribution in [0, 0.1) is 0 Å². The average Bonchev–Trinajstić information content (AvgIpc) is 2.63. The summed E-state index contributed by atoms with van der Waals surface area (Å²) in [5.41, 5.74) is 0. The fourth-order valence-electron chi connectivity index (χ4n) is 1.14. The zero-order valence-corrected chi connectivity index (χ0v) is 12.5. The smallest absolute Gasteiger partial charge is 0.0701 e. The van der Waals surface area contributed by atoms with Crippen molar-refractivity contribution in [1.82, 2.24) is 0 Å². The van der Waals surface area contributed by atoms with Gasteiger partial charge in [-0.3, -0.25) is 0 Å². The van der Waals surface area contributed by atoms with Gasteiger partial charge in [0.2, 0.25) is 0 Å². The summed E-state index contributed by atoms with van der Waals surface area (Å²) in [4.78, 5) is 2.68. The Bertz CT molecular complexity index is 451. The van der Waals surface area contributed by atoms with E-state index in [2.05, 4.69) is 62.2 Å². The first kappa shape index (κ1) is 11.7. The number of benzene rings is 1. The van der Waals surface area contributed by atoms with Crippen LogP contribution in [0.2, 0.25) is 0 Å². The lowest BCUT2D eigenvalue weighted by Gasteiger charge is -2.01. The van der Waals surface area contributed by atoms with Gasteiger partial charge in [-0.25, -0.2) is 0 Å². The zero-order chi connectivity index (χ0) is 10.7. The maximum Gasteiger partial charge on any atom is 0.0701 e. The fraction of sp³-hybridized carbons (Fsp3) is 0.0909. The molecule has 0 spiro atoms. The maximum absolute atomic E-state index is 3.55. The van der Waals surface area contributed by atoms with Gasteiger partial charge >= 0.3 is 0 Å². The maximum atomic E-state index is 3.55. The molecule has 15 heavy (non-hydrogen) atoms. The number of hydrogen-bond acceptors (Lipinski definition) is 2. The number of thiophene rings is 1. The minimum absolute atomic E-state index is 1.03. The number of thioether (sulfide) groups is 1. The van der Waals surface area contributed by atoms with Crippen LogP contribution in [-0.2, 0) is 5.75 Å². The lowest BCUT2D eigenvalue weighted by atomic mass is 10.4. The van der Waals surface area contributed by atoms with Crippen LogP contribution in [0.1, 0.15) is 4.88 Å². The van der Waals surface area contributed by atoms with E-state index in [4.69, 9.17) is 0 Å². The first-order valence-electron chi connectivity index (χ1n) is 4.37. The molecule has 2 aromatic rings. The SMILES string of the molecule is Brc1ccc(CSc2ccccc2Br)s1. The first-order chi connectivity index (χ1) is 7.25. The van der Waals surface area contributed by atoms with Crippen LogP contribution in [0.4, 0.5) is 0 Å². The highest BCUT2D eigenvalue weighted by atomic mass is 79.9. The van der Waals surface area contributed by atoms with Gasteiger partial charge in [-0.05, 0) is 56.1 Å². The average molecular weight is 364 g/mol. The van der Waals surface area contributed by atoms with Crippen LogP contribution in [0.5, 0.6) is 0 Å². The Morgan fingerprint density at radius 1 is 1.07 bits per heavy atom. The Morgan fingerprint density at radius 2 is 1.87 bits per heavy atom. The molecule has 0 unspecified atom stereocenters. The van der Waals surface area contributed by atoms with E-state index in [0.717, 1.165) is 5.75 Å². The Morgan fingerprint density at radius 3 is 2.53 bits per heavy atom. The van der Waals surface area contributed by atoms with Crippen molar-refractivity contribution in [1.29, 1.82) is 0 Å². The third kappa shape index (κ3) is 3.34. The minimum Gasteiger partial charge on any atom is -0.132 e. The molecule has 0 aliphatic rings. The molecule has 2 rings (SSSR count). The number of hydrogen-bond donors (Lipinski definition) is 0. The van der Waals surface area contributed by atoms with Gasteiger partial charge in [-0.2, -0.15) is 0 Å². The zero-order valence-electron chi connectivity index (χ0n) is 7.74. The highest BCUT2D eigenvalue weighted by molar-refractivity contribution is 9.11. The lowest BCUT2D eigenvalue weighted by Crippen LogP contribution is -1.76. The van der Waals surface area contributed by atoms with Crippen molar-refractivity contribution in [2.75, 3.05) is 0 Å². The first-order valence-corrected chi connectivity index (χ1v) is 7.76. The quantitative estimate of drug-likeness (QED) is 0.642. The molecule has 1 heterocycles. The van der Waals surface area contributed by atoms with Gasteiger partial charge in [-0.1, -0.05) is 12.1 Å². The normalized spacial score (nSPS) is 10.5. The molecule has 78 valence electrons. The van der Waals surface area contributed by atoms with E-state index in [0.29, 0.717) is 0 Å². The summed E-state index contributed by atoms with van der Waals surface area (Å²) in [5, 5.41) is 0. The summed E-state index contributed by atoms with van der Waals surface area (Å²) in [5.74, 6) is 1.03. The summed E-state index contributed by atoms with van der Waals surface area (Å²) in [6, 6.07) is 12.6. The van der Waals surface area contributed by atoms with Gasteiger partial charge in [0, 0.05) is 20.0 Å². The topological polar surface area (TPSA) is 0 Å².